The maximum atomic E-state index is 12.5. The van der Waals surface area contributed by atoms with Crippen molar-refractivity contribution in [2.24, 2.45) is 0 Å². The average molecular weight is 364 g/mol. The Hall–Kier alpha value is -1.43. The molecule has 0 spiro atoms. The van der Waals surface area contributed by atoms with E-state index >= 15 is 0 Å². The molecule has 2 saturated heterocycles. The quantitative estimate of drug-likeness (QED) is 0.876. The Balaban J connectivity index is 0.00000169. The summed E-state index contributed by atoms with van der Waals surface area (Å²) in [6.07, 6.45) is 4.56. The summed E-state index contributed by atoms with van der Waals surface area (Å²) < 4.78 is 0. The second-order valence-electron chi connectivity index (χ2n) is 6.63. The van der Waals surface area contributed by atoms with Gasteiger partial charge in [0, 0.05) is 29.1 Å². The van der Waals surface area contributed by atoms with Gasteiger partial charge in [0.15, 0.2) is 0 Å². The van der Waals surface area contributed by atoms with Crippen molar-refractivity contribution in [2.45, 2.75) is 50.7 Å². The maximum absolute atomic E-state index is 12.5. The number of hydrogen-bond acceptors (Lipinski definition) is 4. The summed E-state index contributed by atoms with van der Waals surface area (Å²) in [5.41, 5.74) is 2.83. The number of carbonyl (C=O) groups excluding carboxylic acids is 1. The lowest BCUT2D eigenvalue weighted by molar-refractivity contribution is 0.0919. The normalized spacial score (nSPS) is 25.1. The molecular formula is C18H22ClN3OS. The molecule has 2 aromatic rings. The predicted octanol–water partition coefficient (Wildman–Crippen LogP) is 3.55. The minimum Gasteiger partial charge on any atom is -0.348 e. The molecule has 2 aliphatic heterocycles. The standard InChI is InChI=1S/C18H21N3OS.ClH/c1-11-4-2-3-5-15(11)18-21-16(10-23-18)17(22)20-14-8-12-6-7-13(9-14)19-12;/h2-5,10,12-14,19H,6-9H2,1H3,(H,20,22);1H. The molecule has 6 heteroatoms. The Bertz CT molecular complexity index is 721. The summed E-state index contributed by atoms with van der Waals surface area (Å²) in [7, 11) is 0. The lowest BCUT2D eigenvalue weighted by Crippen LogP contribution is -2.48. The topological polar surface area (TPSA) is 54.0 Å². The zero-order valence-electron chi connectivity index (χ0n) is 13.6. The van der Waals surface area contributed by atoms with E-state index in [-0.39, 0.29) is 24.4 Å². The third-order valence-electron chi connectivity index (χ3n) is 4.92. The van der Waals surface area contributed by atoms with E-state index < -0.39 is 0 Å². The highest BCUT2D eigenvalue weighted by atomic mass is 35.5. The fourth-order valence-corrected chi connectivity index (χ4v) is 4.64. The highest BCUT2D eigenvalue weighted by Gasteiger charge is 2.34. The molecule has 1 aromatic carbocycles. The number of halogens is 1. The van der Waals surface area contributed by atoms with Crippen molar-refractivity contribution in [1.29, 1.82) is 0 Å². The number of amides is 1. The van der Waals surface area contributed by atoms with Crippen LogP contribution >= 0.6 is 23.7 Å². The fourth-order valence-electron chi connectivity index (χ4n) is 3.75. The molecule has 24 heavy (non-hydrogen) atoms. The van der Waals surface area contributed by atoms with Crippen LogP contribution in [0.5, 0.6) is 0 Å². The SMILES string of the molecule is Cc1ccccc1-c1nc(C(=O)NC2CC3CCC(C2)N3)cs1.Cl. The van der Waals surface area contributed by atoms with Crippen LogP contribution in [0.4, 0.5) is 0 Å². The Morgan fingerprint density at radius 1 is 1.25 bits per heavy atom. The molecule has 4 rings (SSSR count). The molecule has 2 unspecified atom stereocenters. The highest BCUT2D eigenvalue weighted by molar-refractivity contribution is 7.13. The number of nitrogens with one attached hydrogen (secondary N) is 2. The molecule has 1 amide bonds. The number of rotatable bonds is 3. The molecule has 2 aliphatic rings. The summed E-state index contributed by atoms with van der Waals surface area (Å²) in [6, 6.07) is 9.60. The molecule has 2 bridgehead atoms. The van der Waals surface area contributed by atoms with Gasteiger partial charge in [-0.2, -0.15) is 0 Å². The van der Waals surface area contributed by atoms with Gasteiger partial charge in [-0.3, -0.25) is 4.79 Å². The van der Waals surface area contributed by atoms with Crippen LogP contribution in [0.1, 0.15) is 41.7 Å². The van der Waals surface area contributed by atoms with E-state index in [1.54, 1.807) is 0 Å². The van der Waals surface area contributed by atoms with Crippen molar-refractivity contribution < 1.29 is 4.79 Å². The van der Waals surface area contributed by atoms with Crippen LogP contribution in [-0.2, 0) is 0 Å². The molecule has 0 radical (unpaired) electrons. The van der Waals surface area contributed by atoms with Crippen LogP contribution < -0.4 is 10.6 Å². The first-order valence-electron chi connectivity index (χ1n) is 8.27. The lowest BCUT2D eigenvalue weighted by Gasteiger charge is -2.29. The summed E-state index contributed by atoms with van der Waals surface area (Å²) >= 11 is 1.54. The number of carbonyl (C=O) groups is 1. The molecular weight excluding hydrogens is 342 g/mol. The van der Waals surface area contributed by atoms with Gasteiger partial charge in [-0.25, -0.2) is 4.98 Å². The highest BCUT2D eigenvalue weighted by Crippen LogP contribution is 2.28. The van der Waals surface area contributed by atoms with Gasteiger partial charge in [0.25, 0.3) is 5.91 Å². The number of fused-ring (bicyclic) bond motifs is 2. The van der Waals surface area contributed by atoms with E-state index in [2.05, 4.69) is 34.7 Å². The summed E-state index contributed by atoms with van der Waals surface area (Å²) in [4.78, 5) is 17.0. The molecule has 0 saturated carbocycles. The Morgan fingerprint density at radius 3 is 2.67 bits per heavy atom. The van der Waals surface area contributed by atoms with Gasteiger partial charge in [-0.1, -0.05) is 24.3 Å². The van der Waals surface area contributed by atoms with Gasteiger partial charge < -0.3 is 10.6 Å². The van der Waals surface area contributed by atoms with Gasteiger partial charge in [0.2, 0.25) is 0 Å². The average Bonchev–Trinajstić information content (AvgIpc) is 3.15. The van der Waals surface area contributed by atoms with Gasteiger partial charge in [0.1, 0.15) is 10.7 Å². The van der Waals surface area contributed by atoms with E-state index in [1.807, 2.05) is 17.5 Å². The van der Waals surface area contributed by atoms with E-state index in [4.69, 9.17) is 0 Å². The number of nitrogens with zero attached hydrogens (tertiary/aromatic N) is 1. The molecule has 2 atom stereocenters. The summed E-state index contributed by atoms with van der Waals surface area (Å²) in [6.45, 7) is 2.07. The minimum absolute atomic E-state index is 0. The first kappa shape index (κ1) is 17.4. The number of aryl methyl sites for hydroxylation is 1. The lowest BCUT2D eigenvalue weighted by atomic mass is 10.00. The van der Waals surface area contributed by atoms with Crippen molar-refractivity contribution in [2.75, 3.05) is 0 Å². The number of aromatic nitrogens is 1. The predicted molar refractivity (Wildman–Crippen MR) is 100.0 cm³/mol. The largest absolute Gasteiger partial charge is 0.348 e. The van der Waals surface area contributed by atoms with Gasteiger partial charge in [-0.15, -0.1) is 23.7 Å². The van der Waals surface area contributed by atoms with Crippen molar-refractivity contribution >= 4 is 29.7 Å². The van der Waals surface area contributed by atoms with Crippen molar-refractivity contribution in [1.82, 2.24) is 15.6 Å². The van der Waals surface area contributed by atoms with Crippen LogP contribution in [-0.4, -0.2) is 29.0 Å². The molecule has 4 nitrogen and oxygen atoms in total. The van der Waals surface area contributed by atoms with Crippen LogP contribution in [0.15, 0.2) is 29.6 Å². The molecule has 2 fully saturated rings. The number of hydrogen-bond donors (Lipinski definition) is 2. The summed E-state index contributed by atoms with van der Waals surface area (Å²) in [5.74, 6) is -0.0348. The number of piperidine rings is 1. The Labute approximate surface area is 152 Å². The van der Waals surface area contributed by atoms with Crippen LogP contribution in [0.3, 0.4) is 0 Å². The second-order valence-corrected chi connectivity index (χ2v) is 7.49. The Morgan fingerprint density at radius 2 is 1.96 bits per heavy atom. The zero-order valence-corrected chi connectivity index (χ0v) is 15.3. The summed E-state index contributed by atoms with van der Waals surface area (Å²) in [5, 5.41) is 9.56. The van der Waals surface area contributed by atoms with Gasteiger partial charge in [-0.05, 0) is 38.2 Å². The van der Waals surface area contributed by atoms with E-state index in [9.17, 15) is 4.79 Å². The van der Waals surface area contributed by atoms with Crippen molar-refractivity contribution in [3.05, 3.63) is 40.9 Å². The number of thiazole rings is 1. The molecule has 128 valence electrons. The first-order chi connectivity index (χ1) is 11.2. The smallest absolute Gasteiger partial charge is 0.270 e. The van der Waals surface area contributed by atoms with Crippen LogP contribution in [0.2, 0.25) is 0 Å². The molecule has 2 N–H and O–H groups in total. The zero-order chi connectivity index (χ0) is 15.8. The monoisotopic (exact) mass is 363 g/mol. The maximum Gasteiger partial charge on any atom is 0.270 e. The van der Waals surface area contributed by atoms with Gasteiger partial charge in [0.05, 0.1) is 0 Å². The van der Waals surface area contributed by atoms with E-state index in [1.165, 1.54) is 29.7 Å². The van der Waals surface area contributed by atoms with Crippen LogP contribution in [0.25, 0.3) is 10.6 Å². The molecule has 3 heterocycles. The van der Waals surface area contributed by atoms with Crippen molar-refractivity contribution in [3.63, 3.8) is 0 Å². The number of benzene rings is 1. The van der Waals surface area contributed by atoms with E-state index in [0.29, 0.717) is 17.8 Å². The van der Waals surface area contributed by atoms with Crippen LogP contribution in [0, 0.1) is 6.92 Å². The molecule has 0 aliphatic carbocycles. The molecule has 1 aromatic heterocycles. The minimum atomic E-state index is -0.0348. The second kappa shape index (κ2) is 7.21. The fraction of sp³-hybridized carbons (Fsp3) is 0.444. The Kier molecular flexibility index (Phi) is 5.23. The van der Waals surface area contributed by atoms with E-state index in [0.717, 1.165) is 23.4 Å². The first-order valence-corrected chi connectivity index (χ1v) is 9.15. The van der Waals surface area contributed by atoms with Crippen molar-refractivity contribution in [3.8, 4) is 10.6 Å². The third-order valence-corrected chi connectivity index (χ3v) is 5.80. The van der Waals surface area contributed by atoms with Gasteiger partial charge >= 0.3 is 0 Å². The third kappa shape index (κ3) is 3.48.